The van der Waals surface area contributed by atoms with E-state index < -0.39 is 12.0 Å². The average molecular weight is 281 g/mol. The van der Waals surface area contributed by atoms with E-state index >= 15 is 0 Å². The lowest BCUT2D eigenvalue weighted by Gasteiger charge is -2.32. The van der Waals surface area contributed by atoms with Crippen LogP contribution < -0.4 is 5.32 Å². The number of nitrogens with one attached hydrogen (secondary N) is 1. The molecule has 0 aliphatic carbocycles. The Morgan fingerprint density at radius 2 is 2.16 bits per heavy atom. The van der Waals surface area contributed by atoms with E-state index in [1.165, 1.54) is 11.9 Å². The van der Waals surface area contributed by atoms with Gasteiger partial charge in [0, 0.05) is 17.8 Å². The molecule has 0 spiro atoms. The quantitative estimate of drug-likeness (QED) is 0.874. The second-order valence-electron chi connectivity index (χ2n) is 4.30. The first kappa shape index (κ1) is 13.4. The van der Waals surface area contributed by atoms with Crippen LogP contribution in [0.2, 0.25) is 5.02 Å². The molecule has 1 aromatic rings. The summed E-state index contributed by atoms with van der Waals surface area (Å²) in [4.78, 5) is 24.5. The van der Waals surface area contributed by atoms with E-state index in [9.17, 15) is 14.7 Å². The van der Waals surface area contributed by atoms with Gasteiger partial charge in [0.15, 0.2) is 0 Å². The van der Waals surface area contributed by atoms with Gasteiger partial charge < -0.3 is 15.3 Å². The number of amides is 2. The van der Waals surface area contributed by atoms with Crippen LogP contribution in [0.1, 0.15) is 18.5 Å². The Balaban J connectivity index is 2.55. The predicted molar refractivity (Wildman–Crippen MR) is 70.8 cm³/mol. The zero-order valence-electron chi connectivity index (χ0n) is 10.5. The third kappa shape index (κ3) is 2.42. The molecule has 6 heteroatoms. The number of nitrogens with zero attached hydrogens (tertiary/aromatic N) is 1. The van der Waals surface area contributed by atoms with Crippen LogP contribution in [-0.2, 0) is 4.79 Å². The monoisotopic (exact) mass is 280 g/mol. The molecule has 5 nitrogen and oxygen atoms in total. The van der Waals surface area contributed by atoms with E-state index in [4.69, 9.17) is 11.6 Å². The van der Waals surface area contributed by atoms with Crippen molar-refractivity contribution in [1.29, 1.82) is 0 Å². The van der Waals surface area contributed by atoms with E-state index in [1.807, 2.05) is 0 Å². The zero-order valence-corrected chi connectivity index (χ0v) is 11.2. The maximum atomic E-state index is 11.8. The average Bonchev–Trinajstić information content (AvgIpc) is 2.35. The summed E-state index contributed by atoms with van der Waals surface area (Å²) in [5, 5.41) is 12.5. The van der Waals surface area contributed by atoms with Crippen molar-refractivity contribution in [3.63, 3.8) is 0 Å². The highest BCUT2D eigenvalue weighted by molar-refractivity contribution is 6.30. The summed E-state index contributed by atoms with van der Waals surface area (Å²) < 4.78 is 0. The lowest BCUT2D eigenvalue weighted by atomic mass is 9.95. The van der Waals surface area contributed by atoms with Gasteiger partial charge in [0.1, 0.15) is 0 Å². The molecular formula is C13H13ClN2O3. The van der Waals surface area contributed by atoms with Gasteiger partial charge in [-0.15, -0.1) is 0 Å². The maximum absolute atomic E-state index is 11.8. The van der Waals surface area contributed by atoms with E-state index in [-0.39, 0.29) is 11.6 Å². The Morgan fingerprint density at radius 1 is 1.47 bits per heavy atom. The Labute approximate surface area is 115 Å². The van der Waals surface area contributed by atoms with Crippen molar-refractivity contribution in [3.8, 4) is 0 Å². The topological polar surface area (TPSA) is 69.6 Å². The van der Waals surface area contributed by atoms with Crippen molar-refractivity contribution in [3.05, 3.63) is 46.1 Å². The first-order valence-corrected chi connectivity index (χ1v) is 6.03. The number of hydrogen-bond acceptors (Lipinski definition) is 2. The number of aliphatic carboxylic acids is 1. The fourth-order valence-electron chi connectivity index (χ4n) is 2.05. The molecule has 1 unspecified atom stereocenters. The van der Waals surface area contributed by atoms with Crippen molar-refractivity contribution in [2.24, 2.45) is 0 Å². The molecule has 2 N–H and O–H groups in total. The molecule has 1 aliphatic rings. The van der Waals surface area contributed by atoms with Crippen LogP contribution in [0.4, 0.5) is 4.79 Å². The largest absolute Gasteiger partial charge is 0.478 e. The van der Waals surface area contributed by atoms with Gasteiger partial charge in [-0.25, -0.2) is 9.59 Å². The van der Waals surface area contributed by atoms with E-state index in [1.54, 1.807) is 31.2 Å². The minimum absolute atomic E-state index is 0.143. The van der Waals surface area contributed by atoms with Gasteiger partial charge in [-0.05, 0) is 24.6 Å². The Hall–Kier alpha value is -2.01. The molecule has 0 fully saturated rings. The Kier molecular flexibility index (Phi) is 3.48. The molecule has 0 aromatic heterocycles. The van der Waals surface area contributed by atoms with Gasteiger partial charge in [0.25, 0.3) is 0 Å². The van der Waals surface area contributed by atoms with Gasteiger partial charge >= 0.3 is 12.0 Å². The Morgan fingerprint density at radius 3 is 2.74 bits per heavy atom. The van der Waals surface area contributed by atoms with Gasteiger partial charge in [0.05, 0.1) is 11.6 Å². The summed E-state index contributed by atoms with van der Waals surface area (Å²) in [6.45, 7) is 1.61. The van der Waals surface area contributed by atoms with Crippen molar-refractivity contribution < 1.29 is 14.7 Å². The summed E-state index contributed by atoms with van der Waals surface area (Å²) in [6.07, 6.45) is 0. The van der Waals surface area contributed by atoms with Crippen LogP contribution in [-0.4, -0.2) is 29.1 Å². The van der Waals surface area contributed by atoms with Crippen LogP contribution >= 0.6 is 11.6 Å². The summed E-state index contributed by atoms with van der Waals surface area (Å²) in [5.41, 5.74) is 1.20. The number of carboxylic acid groups (broad SMARTS) is 1. The van der Waals surface area contributed by atoms with Crippen molar-refractivity contribution >= 4 is 23.6 Å². The second kappa shape index (κ2) is 4.93. The van der Waals surface area contributed by atoms with Crippen molar-refractivity contribution in [1.82, 2.24) is 10.2 Å². The van der Waals surface area contributed by atoms with E-state index in [0.29, 0.717) is 16.3 Å². The molecule has 1 aromatic carbocycles. The van der Waals surface area contributed by atoms with E-state index in [2.05, 4.69) is 5.32 Å². The summed E-state index contributed by atoms with van der Waals surface area (Å²) in [5.74, 6) is -1.06. The van der Waals surface area contributed by atoms with Crippen LogP contribution in [0.5, 0.6) is 0 Å². The number of rotatable bonds is 2. The highest BCUT2D eigenvalue weighted by atomic mass is 35.5. The number of urea groups is 1. The number of carbonyl (C=O) groups excluding carboxylic acids is 1. The molecular weight excluding hydrogens is 268 g/mol. The maximum Gasteiger partial charge on any atom is 0.335 e. The molecule has 0 bridgehead atoms. The number of carboxylic acids is 1. The molecule has 2 rings (SSSR count). The lowest BCUT2D eigenvalue weighted by Crippen LogP contribution is -2.46. The lowest BCUT2D eigenvalue weighted by molar-refractivity contribution is -0.133. The SMILES string of the molecule is CC1=C(C(=O)O)C(c2cccc(Cl)c2)NC(=O)N1C. The van der Waals surface area contributed by atoms with Crippen molar-refractivity contribution in [2.75, 3.05) is 7.05 Å². The molecule has 0 saturated heterocycles. The summed E-state index contributed by atoms with van der Waals surface area (Å²) in [7, 11) is 1.53. The fraction of sp³-hybridized carbons (Fsp3) is 0.231. The summed E-state index contributed by atoms with van der Waals surface area (Å²) >= 11 is 5.91. The molecule has 2 amide bonds. The Bertz CT molecular complexity index is 583. The molecule has 0 radical (unpaired) electrons. The second-order valence-corrected chi connectivity index (χ2v) is 4.74. The number of benzene rings is 1. The normalized spacial score (nSPS) is 19.4. The third-order valence-electron chi connectivity index (χ3n) is 3.17. The minimum Gasteiger partial charge on any atom is -0.478 e. The highest BCUT2D eigenvalue weighted by Crippen LogP contribution is 2.30. The molecule has 1 aliphatic heterocycles. The fourth-order valence-corrected chi connectivity index (χ4v) is 2.25. The van der Waals surface area contributed by atoms with Crippen LogP contribution in [0.3, 0.4) is 0 Å². The molecule has 100 valence electrons. The van der Waals surface area contributed by atoms with Gasteiger partial charge in [-0.1, -0.05) is 23.7 Å². The predicted octanol–water partition coefficient (Wildman–Crippen LogP) is 2.39. The third-order valence-corrected chi connectivity index (χ3v) is 3.40. The van der Waals surface area contributed by atoms with Crippen LogP contribution in [0, 0.1) is 0 Å². The molecule has 19 heavy (non-hydrogen) atoms. The van der Waals surface area contributed by atoms with Crippen molar-refractivity contribution in [2.45, 2.75) is 13.0 Å². The molecule has 0 saturated carbocycles. The molecule has 1 atom stereocenters. The van der Waals surface area contributed by atoms with Gasteiger partial charge in [-0.3, -0.25) is 0 Å². The minimum atomic E-state index is -1.06. The standard InChI is InChI=1S/C13H13ClN2O3/c1-7-10(12(17)18)11(15-13(19)16(7)2)8-4-3-5-9(14)6-8/h3-6,11H,1-2H3,(H,15,19)(H,17,18). The zero-order chi connectivity index (χ0) is 14.2. The van der Waals surface area contributed by atoms with E-state index in [0.717, 1.165) is 0 Å². The first-order chi connectivity index (χ1) is 8.91. The smallest absolute Gasteiger partial charge is 0.335 e. The number of hydrogen-bond donors (Lipinski definition) is 2. The van der Waals surface area contributed by atoms with Crippen LogP contribution in [0.25, 0.3) is 0 Å². The molecule has 1 heterocycles. The van der Waals surface area contributed by atoms with Gasteiger partial charge in [-0.2, -0.15) is 0 Å². The highest BCUT2D eigenvalue weighted by Gasteiger charge is 2.33. The summed E-state index contributed by atoms with van der Waals surface area (Å²) in [6, 6.07) is 5.76. The van der Waals surface area contributed by atoms with Gasteiger partial charge in [0.2, 0.25) is 0 Å². The number of carbonyl (C=O) groups is 2. The van der Waals surface area contributed by atoms with Crippen LogP contribution in [0.15, 0.2) is 35.5 Å². The number of allylic oxidation sites excluding steroid dienone is 1. The number of halogens is 1. The first-order valence-electron chi connectivity index (χ1n) is 5.65.